The molecule has 2 N–H and O–H groups in total. The van der Waals surface area contributed by atoms with Gasteiger partial charge in [0.05, 0.1) is 4.92 Å². The number of nitrogens with one attached hydrogen (secondary N) is 2. The van der Waals surface area contributed by atoms with Crippen LogP contribution in [0.4, 0.5) is 5.69 Å². The topological polar surface area (TPSA) is 101 Å². The van der Waals surface area contributed by atoms with Crippen molar-refractivity contribution in [1.82, 2.24) is 10.9 Å². The third-order valence-electron chi connectivity index (χ3n) is 2.90. The first-order valence-electron chi connectivity index (χ1n) is 6.64. The molecule has 0 heterocycles. The van der Waals surface area contributed by atoms with Crippen molar-refractivity contribution in [2.75, 3.05) is 0 Å². The fraction of sp³-hybridized carbons (Fsp3) is 0. The number of hydrogen-bond donors (Lipinski definition) is 2. The van der Waals surface area contributed by atoms with E-state index in [0.717, 1.165) is 0 Å². The molecule has 0 atom stereocenters. The van der Waals surface area contributed by atoms with Gasteiger partial charge in [0.15, 0.2) is 5.78 Å². The number of nitro groups is 1. The number of non-ortho nitro benzene ring substituents is 1. The maximum absolute atomic E-state index is 11.8. The molecule has 2 aromatic carbocycles. The highest BCUT2D eigenvalue weighted by molar-refractivity contribution is 6.04. The number of nitrogens with zero attached hydrogens (tertiary/aromatic N) is 1. The first kappa shape index (κ1) is 15.9. The molecular formula is C16H13N3O4. The summed E-state index contributed by atoms with van der Waals surface area (Å²) in [5, 5.41) is 10.5. The molecule has 0 saturated carbocycles. The average molecular weight is 311 g/mol. The number of carbonyl (C=O) groups is 2. The van der Waals surface area contributed by atoms with Gasteiger partial charge in [-0.25, -0.2) is 0 Å². The van der Waals surface area contributed by atoms with Gasteiger partial charge in [-0.3, -0.25) is 25.1 Å². The van der Waals surface area contributed by atoms with Crippen molar-refractivity contribution in [3.8, 4) is 0 Å². The fourth-order valence-electron chi connectivity index (χ4n) is 1.73. The summed E-state index contributed by atoms with van der Waals surface area (Å²) in [4.78, 5) is 33.5. The molecule has 23 heavy (non-hydrogen) atoms. The highest BCUT2D eigenvalue weighted by atomic mass is 16.6. The number of ketones is 1. The van der Waals surface area contributed by atoms with E-state index in [1.807, 2.05) is 0 Å². The van der Waals surface area contributed by atoms with Crippen LogP contribution in [0, 0.1) is 10.1 Å². The molecule has 7 nitrogen and oxygen atoms in total. The minimum Gasteiger partial charge on any atom is -0.305 e. The smallest absolute Gasteiger partial charge is 0.269 e. The molecule has 0 saturated heterocycles. The molecule has 0 aliphatic heterocycles. The van der Waals surface area contributed by atoms with Crippen molar-refractivity contribution >= 4 is 17.4 Å². The van der Waals surface area contributed by atoms with Gasteiger partial charge >= 0.3 is 0 Å². The Kier molecular flexibility index (Phi) is 5.19. The van der Waals surface area contributed by atoms with Crippen LogP contribution in [0.1, 0.15) is 20.7 Å². The second-order valence-electron chi connectivity index (χ2n) is 4.47. The van der Waals surface area contributed by atoms with Crippen molar-refractivity contribution < 1.29 is 14.5 Å². The van der Waals surface area contributed by atoms with Crippen molar-refractivity contribution in [3.63, 3.8) is 0 Å². The van der Waals surface area contributed by atoms with Crippen molar-refractivity contribution in [2.45, 2.75) is 0 Å². The van der Waals surface area contributed by atoms with E-state index in [4.69, 9.17) is 0 Å². The Morgan fingerprint density at radius 2 is 1.61 bits per heavy atom. The van der Waals surface area contributed by atoms with Crippen LogP contribution < -0.4 is 10.9 Å². The fourth-order valence-corrected chi connectivity index (χ4v) is 1.73. The summed E-state index contributed by atoms with van der Waals surface area (Å²) in [6.45, 7) is 0. The standard InChI is InChI=1S/C16H13N3O4/c20-15(12-6-8-14(9-7-12)19(22)23)10-11-17-18-16(21)13-4-2-1-3-5-13/h1-11,17H,(H,18,21)/b11-10+. The van der Waals surface area contributed by atoms with Gasteiger partial charge in [-0.1, -0.05) is 18.2 Å². The summed E-state index contributed by atoms with van der Waals surface area (Å²) in [5.74, 6) is -0.681. The molecule has 0 aliphatic rings. The highest BCUT2D eigenvalue weighted by Crippen LogP contribution is 2.12. The number of benzene rings is 2. The van der Waals surface area contributed by atoms with Crippen molar-refractivity contribution in [1.29, 1.82) is 0 Å². The summed E-state index contributed by atoms with van der Waals surface area (Å²) in [6.07, 6.45) is 2.50. The number of hydrogen-bond acceptors (Lipinski definition) is 5. The lowest BCUT2D eigenvalue weighted by atomic mass is 10.1. The number of rotatable bonds is 6. The lowest BCUT2D eigenvalue weighted by Gasteiger charge is -2.03. The normalized spacial score (nSPS) is 10.3. The molecule has 0 bridgehead atoms. The van der Waals surface area contributed by atoms with Crippen LogP contribution in [0.3, 0.4) is 0 Å². The van der Waals surface area contributed by atoms with Crippen LogP contribution >= 0.6 is 0 Å². The van der Waals surface area contributed by atoms with E-state index < -0.39 is 4.92 Å². The monoisotopic (exact) mass is 311 g/mol. The van der Waals surface area contributed by atoms with E-state index in [1.165, 1.54) is 36.5 Å². The van der Waals surface area contributed by atoms with Gasteiger partial charge in [0, 0.05) is 35.5 Å². The van der Waals surface area contributed by atoms with Crippen LogP contribution in [0.5, 0.6) is 0 Å². The Bertz CT molecular complexity index is 740. The van der Waals surface area contributed by atoms with Gasteiger partial charge in [0.25, 0.3) is 11.6 Å². The molecule has 0 radical (unpaired) electrons. The SMILES string of the molecule is O=C(/C=C/NNC(=O)c1ccccc1)c1ccc([N+](=O)[O-])cc1. The van der Waals surface area contributed by atoms with Crippen LogP contribution in [0.15, 0.2) is 66.9 Å². The summed E-state index contributed by atoms with van der Waals surface area (Å²) >= 11 is 0. The van der Waals surface area contributed by atoms with Crippen LogP contribution in [0.2, 0.25) is 0 Å². The predicted molar refractivity (Wildman–Crippen MR) is 83.6 cm³/mol. The van der Waals surface area contributed by atoms with Crippen molar-refractivity contribution in [3.05, 3.63) is 88.1 Å². The highest BCUT2D eigenvalue weighted by Gasteiger charge is 2.07. The van der Waals surface area contributed by atoms with Gasteiger partial charge in [0.1, 0.15) is 0 Å². The minimum absolute atomic E-state index is 0.0845. The third-order valence-corrected chi connectivity index (χ3v) is 2.90. The molecule has 2 aromatic rings. The van der Waals surface area contributed by atoms with E-state index in [-0.39, 0.29) is 17.4 Å². The number of amides is 1. The quantitative estimate of drug-likeness (QED) is 0.369. The minimum atomic E-state index is -0.537. The van der Waals surface area contributed by atoms with E-state index in [0.29, 0.717) is 11.1 Å². The molecule has 0 unspecified atom stereocenters. The summed E-state index contributed by atoms with van der Waals surface area (Å²) < 4.78 is 0. The lowest BCUT2D eigenvalue weighted by Crippen LogP contribution is -2.33. The van der Waals surface area contributed by atoms with Gasteiger partial charge in [-0.2, -0.15) is 0 Å². The molecule has 2 rings (SSSR count). The number of carbonyl (C=O) groups excluding carboxylic acids is 2. The van der Waals surface area contributed by atoms with Crippen LogP contribution in [-0.2, 0) is 0 Å². The molecule has 116 valence electrons. The Morgan fingerprint density at radius 3 is 2.22 bits per heavy atom. The first-order valence-corrected chi connectivity index (χ1v) is 6.64. The summed E-state index contributed by atoms with van der Waals surface area (Å²) in [5.41, 5.74) is 5.62. The molecular weight excluding hydrogens is 298 g/mol. The average Bonchev–Trinajstić information content (AvgIpc) is 2.59. The van der Waals surface area contributed by atoms with Gasteiger partial charge in [-0.05, 0) is 24.3 Å². The molecule has 1 amide bonds. The van der Waals surface area contributed by atoms with E-state index in [9.17, 15) is 19.7 Å². The van der Waals surface area contributed by atoms with Gasteiger partial charge < -0.3 is 5.43 Å². The third kappa shape index (κ3) is 4.50. The maximum Gasteiger partial charge on any atom is 0.269 e. The summed E-state index contributed by atoms with van der Waals surface area (Å²) in [7, 11) is 0. The van der Waals surface area contributed by atoms with Crippen LogP contribution in [-0.4, -0.2) is 16.6 Å². The zero-order valence-electron chi connectivity index (χ0n) is 11.9. The van der Waals surface area contributed by atoms with Gasteiger partial charge in [-0.15, -0.1) is 0 Å². The zero-order valence-corrected chi connectivity index (χ0v) is 11.9. The Balaban J connectivity index is 1.86. The molecule has 0 aliphatic carbocycles. The second-order valence-corrected chi connectivity index (χ2v) is 4.47. The first-order chi connectivity index (χ1) is 11.1. The van der Waals surface area contributed by atoms with Gasteiger partial charge in [0.2, 0.25) is 0 Å². The Morgan fingerprint density at radius 1 is 0.957 bits per heavy atom. The Labute approximate surface area is 131 Å². The van der Waals surface area contributed by atoms with E-state index in [2.05, 4.69) is 10.9 Å². The molecule has 0 fully saturated rings. The number of hydrazine groups is 1. The second kappa shape index (κ2) is 7.51. The lowest BCUT2D eigenvalue weighted by molar-refractivity contribution is -0.384. The largest absolute Gasteiger partial charge is 0.305 e. The van der Waals surface area contributed by atoms with Crippen LogP contribution in [0.25, 0.3) is 0 Å². The predicted octanol–water partition coefficient (Wildman–Crippen LogP) is 2.23. The molecule has 7 heteroatoms. The molecule has 0 aromatic heterocycles. The van der Waals surface area contributed by atoms with Crippen molar-refractivity contribution in [2.24, 2.45) is 0 Å². The van der Waals surface area contributed by atoms with E-state index in [1.54, 1.807) is 30.3 Å². The maximum atomic E-state index is 11.8. The zero-order chi connectivity index (χ0) is 16.7. The number of nitro benzene ring substituents is 1. The Hall–Kier alpha value is -3.48. The number of allylic oxidation sites excluding steroid dienone is 1. The van der Waals surface area contributed by atoms with E-state index >= 15 is 0 Å². The summed E-state index contributed by atoms with van der Waals surface area (Å²) in [6, 6.07) is 13.8. The molecule has 0 spiro atoms.